The molecule has 2 heterocycles. The molecule has 1 fully saturated rings. The van der Waals surface area contributed by atoms with E-state index in [1.165, 1.54) is 6.20 Å². The van der Waals surface area contributed by atoms with Crippen LogP contribution in [0.4, 0.5) is 10.6 Å². The van der Waals surface area contributed by atoms with Crippen LogP contribution in [0.5, 0.6) is 0 Å². The van der Waals surface area contributed by atoms with Crippen LogP contribution in [-0.2, 0) is 4.79 Å². The molecule has 0 bridgehead atoms. The standard InChI is InChI=1S/C20H24ClN5O2/c1-3-19(27)26-9-7-16(8-10-26)25(2)20(28)24-18-13-22-17(12-23-18)14-5-4-6-15(21)11-14/h4-6,11-13,16H,3,7-10H2,1-2H3,(H,23,24,28). The third-order valence-electron chi connectivity index (χ3n) is 4.99. The van der Waals surface area contributed by atoms with Crippen LogP contribution in [0.1, 0.15) is 26.2 Å². The van der Waals surface area contributed by atoms with E-state index in [0.29, 0.717) is 36.0 Å². The van der Waals surface area contributed by atoms with Crippen molar-refractivity contribution in [2.24, 2.45) is 0 Å². The number of aromatic nitrogens is 2. The molecular formula is C20H24ClN5O2. The first-order valence-electron chi connectivity index (χ1n) is 9.37. The zero-order valence-corrected chi connectivity index (χ0v) is 16.8. The molecule has 1 aromatic heterocycles. The Hall–Kier alpha value is -2.67. The Morgan fingerprint density at radius 3 is 2.61 bits per heavy atom. The van der Waals surface area contributed by atoms with Gasteiger partial charge in [0.1, 0.15) is 0 Å². The van der Waals surface area contributed by atoms with E-state index in [2.05, 4.69) is 15.3 Å². The lowest BCUT2D eigenvalue weighted by molar-refractivity contribution is -0.132. The summed E-state index contributed by atoms with van der Waals surface area (Å²) in [5.74, 6) is 0.557. The number of hydrogen-bond acceptors (Lipinski definition) is 4. The van der Waals surface area contributed by atoms with E-state index in [9.17, 15) is 9.59 Å². The highest BCUT2D eigenvalue weighted by molar-refractivity contribution is 6.30. The number of nitrogens with one attached hydrogen (secondary N) is 1. The highest BCUT2D eigenvalue weighted by Crippen LogP contribution is 2.21. The summed E-state index contributed by atoms with van der Waals surface area (Å²) < 4.78 is 0. The number of amides is 3. The number of carbonyl (C=O) groups is 2. The number of anilines is 1. The molecular weight excluding hydrogens is 378 g/mol. The molecule has 148 valence electrons. The molecule has 3 amide bonds. The number of carbonyl (C=O) groups excluding carboxylic acids is 2. The summed E-state index contributed by atoms with van der Waals surface area (Å²) >= 11 is 6.01. The molecule has 1 aliphatic rings. The minimum Gasteiger partial charge on any atom is -0.343 e. The average Bonchev–Trinajstić information content (AvgIpc) is 2.73. The van der Waals surface area contributed by atoms with E-state index in [4.69, 9.17) is 11.6 Å². The molecule has 0 saturated carbocycles. The number of benzene rings is 1. The molecule has 0 aliphatic carbocycles. The van der Waals surface area contributed by atoms with Gasteiger partial charge in [0.05, 0.1) is 18.1 Å². The summed E-state index contributed by atoms with van der Waals surface area (Å²) in [6.45, 7) is 3.24. The van der Waals surface area contributed by atoms with Crippen LogP contribution in [0.3, 0.4) is 0 Å². The summed E-state index contributed by atoms with van der Waals surface area (Å²) in [5, 5.41) is 3.41. The van der Waals surface area contributed by atoms with Crippen LogP contribution in [-0.4, -0.2) is 57.9 Å². The van der Waals surface area contributed by atoms with Crippen molar-refractivity contribution in [3.63, 3.8) is 0 Å². The molecule has 0 atom stereocenters. The highest BCUT2D eigenvalue weighted by atomic mass is 35.5. The second-order valence-electron chi connectivity index (χ2n) is 6.80. The fourth-order valence-corrected chi connectivity index (χ4v) is 3.47. The van der Waals surface area contributed by atoms with Gasteiger partial charge in [-0.15, -0.1) is 0 Å². The quantitative estimate of drug-likeness (QED) is 0.847. The summed E-state index contributed by atoms with van der Waals surface area (Å²) in [4.78, 5) is 36.5. The third kappa shape index (κ3) is 4.78. The van der Waals surface area contributed by atoms with Crippen molar-refractivity contribution in [2.45, 2.75) is 32.2 Å². The second-order valence-corrected chi connectivity index (χ2v) is 7.24. The zero-order chi connectivity index (χ0) is 20.1. The summed E-state index contributed by atoms with van der Waals surface area (Å²) in [7, 11) is 1.77. The molecule has 0 spiro atoms. The first-order chi connectivity index (χ1) is 13.5. The van der Waals surface area contributed by atoms with E-state index in [1.54, 1.807) is 24.2 Å². The lowest BCUT2D eigenvalue weighted by Crippen LogP contribution is -2.48. The fourth-order valence-electron chi connectivity index (χ4n) is 3.28. The SMILES string of the molecule is CCC(=O)N1CCC(N(C)C(=O)Nc2cnc(-c3cccc(Cl)c3)cn2)CC1. The van der Waals surface area contributed by atoms with Gasteiger partial charge in [-0.05, 0) is 25.0 Å². The molecule has 0 unspecified atom stereocenters. The molecule has 28 heavy (non-hydrogen) atoms. The van der Waals surface area contributed by atoms with Crippen molar-refractivity contribution in [1.82, 2.24) is 19.8 Å². The summed E-state index contributed by atoms with van der Waals surface area (Å²) in [6, 6.07) is 7.23. The van der Waals surface area contributed by atoms with Crippen LogP contribution < -0.4 is 5.32 Å². The Kier molecular flexibility index (Phi) is 6.46. The van der Waals surface area contributed by atoms with Crippen molar-refractivity contribution in [3.8, 4) is 11.3 Å². The maximum atomic E-state index is 12.5. The minimum atomic E-state index is -0.231. The van der Waals surface area contributed by atoms with Gasteiger partial charge in [-0.25, -0.2) is 9.78 Å². The topological polar surface area (TPSA) is 78.4 Å². The van der Waals surface area contributed by atoms with Crippen LogP contribution >= 0.6 is 11.6 Å². The van der Waals surface area contributed by atoms with Gasteiger partial charge < -0.3 is 9.80 Å². The van der Waals surface area contributed by atoms with Gasteiger partial charge in [-0.2, -0.15) is 0 Å². The monoisotopic (exact) mass is 401 g/mol. The number of hydrogen-bond donors (Lipinski definition) is 1. The Labute approximate surface area is 169 Å². The Morgan fingerprint density at radius 1 is 1.25 bits per heavy atom. The molecule has 3 rings (SSSR count). The maximum Gasteiger partial charge on any atom is 0.323 e. The molecule has 8 heteroatoms. The van der Waals surface area contributed by atoms with Gasteiger partial charge in [0, 0.05) is 43.2 Å². The van der Waals surface area contributed by atoms with E-state index < -0.39 is 0 Å². The van der Waals surface area contributed by atoms with Gasteiger partial charge in [-0.3, -0.25) is 15.1 Å². The van der Waals surface area contributed by atoms with Gasteiger partial charge >= 0.3 is 6.03 Å². The largest absolute Gasteiger partial charge is 0.343 e. The molecule has 7 nitrogen and oxygen atoms in total. The second kappa shape index (κ2) is 9.01. The lowest BCUT2D eigenvalue weighted by Gasteiger charge is -2.36. The first kappa shape index (κ1) is 20.1. The number of likely N-dealkylation sites (tertiary alicyclic amines) is 1. The van der Waals surface area contributed by atoms with Gasteiger partial charge in [0.25, 0.3) is 0 Å². The number of halogens is 1. The van der Waals surface area contributed by atoms with Crippen molar-refractivity contribution in [3.05, 3.63) is 41.7 Å². The Morgan fingerprint density at radius 2 is 2.00 bits per heavy atom. The van der Waals surface area contributed by atoms with Crippen molar-refractivity contribution >= 4 is 29.4 Å². The molecule has 2 aromatic rings. The number of piperidine rings is 1. The molecule has 0 radical (unpaired) electrons. The zero-order valence-electron chi connectivity index (χ0n) is 16.1. The number of nitrogens with zero attached hydrogens (tertiary/aromatic N) is 4. The van der Waals surface area contributed by atoms with Crippen molar-refractivity contribution < 1.29 is 9.59 Å². The lowest BCUT2D eigenvalue weighted by atomic mass is 10.0. The van der Waals surface area contributed by atoms with E-state index in [0.717, 1.165) is 18.4 Å². The average molecular weight is 402 g/mol. The smallest absolute Gasteiger partial charge is 0.323 e. The van der Waals surface area contributed by atoms with E-state index in [1.807, 2.05) is 30.0 Å². The van der Waals surface area contributed by atoms with Crippen LogP contribution in [0.2, 0.25) is 5.02 Å². The predicted molar refractivity (Wildman–Crippen MR) is 109 cm³/mol. The van der Waals surface area contributed by atoms with Crippen LogP contribution in [0.25, 0.3) is 11.3 Å². The van der Waals surface area contributed by atoms with Gasteiger partial charge in [0.2, 0.25) is 5.91 Å². The van der Waals surface area contributed by atoms with Crippen molar-refractivity contribution in [2.75, 3.05) is 25.5 Å². The van der Waals surface area contributed by atoms with E-state index >= 15 is 0 Å². The van der Waals surface area contributed by atoms with Crippen molar-refractivity contribution in [1.29, 1.82) is 0 Å². The van der Waals surface area contributed by atoms with Crippen LogP contribution in [0, 0.1) is 0 Å². The maximum absolute atomic E-state index is 12.5. The minimum absolute atomic E-state index is 0.0969. The molecule has 1 saturated heterocycles. The van der Waals surface area contributed by atoms with Crippen LogP contribution in [0.15, 0.2) is 36.7 Å². The third-order valence-corrected chi connectivity index (χ3v) is 5.23. The Balaban J connectivity index is 1.56. The number of rotatable bonds is 4. The molecule has 1 aliphatic heterocycles. The van der Waals surface area contributed by atoms with E-state index in [-0.39, 0.29) is 18.0 Å². The van der Waals surface area contributed by atoms with Gasteiger partial charge in [0.15, 0.2) is 5.82 Å². The fraction of sp³-hybridized carbons (Fsp3) is 0.400. The first-order valence-corrected chi connectivity index (χ1v) is 9.75. The van der Waals surface area contributed by atoms with Gasteiger partial charge in [-0.1, -0.05) is 30.7 Å². The predicted octanol–water partition coefficient (Wildman–Crippen LogP) is 3.66. The normalized spacial score (nSPS) is 14.6. The molecule has 1 aromatic carbocycles. The summed E-state index contributed by atoms with van der Waals surface area (Å²) in [5.41, 5.74) is 1.55. The Bertz CT molecular complexity index is 835. The number of urea groups is 1. The highest BCUT2D eigenvalue weighted by Gasteiger charge is 2.27. The summed E-state index contributed by atoms with van der Waals surface area (Å²) in [6.07, 6.45) is 5.20. The molecule has 1 N–H and O–H groups in total.